The Labute approximate surface area is 191 Å². The first-order valence-corrected chi connectivity index (χ1v) is 9.68. The van der Waals surface area contributed by atoms with Gasteiger partial charge in [-0.3, -0.25) is 14.6 Å². The lowest BCUT2D eigenvalue weighted by atomic mass is 10.2. The number of amides is 1. The van der Waals surface area contributed by atoms with Crippen LogP contribution in [-0.2, 0) is 6.54 Å². The number of methoxy groups -OCH3 is 2. The first-order valence-electron chi connectivity index (χ1n) is 9.68. The van der Waals surface area contributed by atoms with Crippen molar-refractivity contribution in [1.82, 2.24) is 15.1 Å². The molecule has 6 nitrogen and oxygen atoms in total. The highest BCUT2D eigenvalue weighted by Crippen LogP contribution is 2.15. The molecule has 0 radical (unpaired) electrons. The number of carbonyl (C=O) groups is 1. The lowest BCUT2D eigenvalue weighted by molar-refractivity contribution is 0.0934. The standard InChI is InChI=1S/C22H29N3O3.2ClH/c1-27-20-8-6-19(7-9-20)22(26)23-10-11-24-12-14-25(15-13-24)17-18-4-3-5-21(16-18)28-2;;/h3-9,16H,10-15,17H2,1-2H3,(H,23,26);2*1H. The predicted octanol–water partition coefficient (Wildman–Crippen LogP) is 3.10. The molecule has 0 bridgehead atoms. The van der Waals surface area contributed by atoms with E-state index in [9.17, 15) is 4.79 Å². The molecule has 1 amide bonds. The molecule has 0 saturated carbocycles. The third kappa shape index (κ3) is 7.69. The summed E-state index contributed by atoms with van der Waals surface area (Å²) in [6.07, 6.45) is 0. The lowest BCUT2D eigenvalue weighted by Crippen LogP contribution is -2.48. The smallest absolute Gasteiger partial charge is 0.251 e. The Morgan fingerprint density at radius 1 is 0.900 bits per heavy atom. The fourth-order valence-electron chi connectivity index (χ4n) is 3.37. The van der Waals surface area contributed by atoms with Gasteiger partial charge in [-0.1, -0.05) is 12.1 Å². The predicted molar refractivity (Wildman–Crippen MR) is 125 cm³/mol. The highest BCUT2D eigenvalue weighted by Gasteiger charge is 2.17. The number of nitrogens with one attached hydrogen (secondary N) is 1. The molecule has 2 aromatic rings. The number of benzene rings is 2. The minimum Gasteiger partial charge on any atom is -0.497 e. The first-order chi connectivity index (χ1) is 13.7. The Kier molecular flexibility index (Phi) is 11.6. The summed E-state index contributed by atoms with van der Waals surface area (Å²) in [5.74, 6) is 1.62. The Balaban J connectivity index is 0.00000225. The zero-order valence-corrected chi connectivity index (χ0v) is 19.1. The van der Waals surface area contributed by atoms with E-state index in [0.29, 0.717) is 12.1 Å². The summed E-state index contributed by atoms with van der Waals surface area (Å²) in [4.78, 5) is 17.1. The second-order valence-corrected chi connectivity index (χ2v) is 6.95. The minimum atomic E-state index is -0.0423. The largest absolute Gasteiger partial charge is 0.497 e. The molecule has 1 aliphatic rings. The molecule has 0 aromatic heterocycles. The zero-order valence-electron chi connectivity index (χ0n) is 17.5. The Hall–Kier alpha value is -1.99. The van der Waals surface area contributed by atoms with Gasteiger partial charge < -0.3 is 14.8 Å². The van der Waals surface area contributed by atoms with Gasteiger partial charge in [0.25, 0.3) is 5.91 Å². The van der Waals surface area contributed by atoms with Crippen LogP contribution < -0.4 is 14.8 Å². The average Bonchev–Trinajstić information content (AvgIpc) is 2.75. The van der Waals surface area contributed by atoms with Crippen LogP contribution in [0.1, 0.15) is 15.9 Å². The summed E-state index contributed by atoms with van der Waals surface area (Å²) in [7, 11) is 3.32. The zero-order chi connectivity index (χ0) is 19.8. The number of hydrogen-bond donors (Lipinski definition) is 1. The van der Waals surface area contributed by atoms with Crippen molar-refractivity contribution in [2.45, 2.75) is 6.54 Å². The first kappa shape index (κ1) is 26.0. The van der Waals surface area contributed by atoms with Crippen LogP contribution in [0.15, 0.2) is 48.5 Å². The van der Waals surface area contributed by atoms with Crippen molar-refractivity contribution in [2.24, 2.45) is 0 Å². The molecule has 1 saturated heterocycles. The SMILES string of the molecule is COc1ccc(C(=O)NCCN2CCN(Cc3cccc(OC)c3)CC2)cc1.Cl.Cl. The maximum absolute atomic E-state index is 12.2. The van der Waals surface area contributed by atoms with Crippen molar-refractivity contribution in [3.05, 3.63) is 59.7 Å². The van der Waals surface area contributed by atoms with Crippen molar-refractivity contribution in [3.8, 4) is 11.5 Å². The molecular formula is C22H31Cl2N3O3. The highest BCUT2D eigenvalue weighted by atomic mass is 35.5. The molecule has 1 heterocycles. The number of piperazine rings is 1. The van der Waals surface area contributed by atoms with Crippen LogP contribution in [0.4, 0.5) is 0 Å². The lowest BCUT2D eigenvalue weighted by Gasteiger charge is -2.34. The maximum atomic E-state index is 12.2. The normalized spacial score (nSPS) is 14.2. The van der Waals surface area contributed by atoms with E-state index in [1.165, 1.54) is 5.56 Å². The van der Waals surface area contributed by atoms with Gasteiger partial charge in [0, 0.05) is 51.4 Å². The van der Waals surface area contributed by atoms with Crippen LogP contribution in [0.5, 0.6) is 11.5 Å². The van der Waals surface area contributed by atoms with Crippen LogP contribution in [0.3, 0.4) is 0 Å². The fourth-order valence-corrected chi connectivity index (χ4v) is 3.37. The molecule has 166 valence electrons. The van der Waals surface area contributed by atoms with E-state index in [-0.39, 0.29) is 30.7 Å². The second kappa shape index (κ2) is 13.3. The van der Waals surface area contributed by atoms with Gasteiger partial charge in [0.2, 0.25) is 0 Å². The summed E-state index contributed by atoms with van der Waals surface area (Å²) in [6.45, 7) is 6.56. The van der Waals surface area contributed by atoms with E-state index in [4.69, 9.17) is 9.47 Å². The molecule has 1 aliphatic heterocycles. The topological polar surface area (TPSA) is 54.0 Å². The molecule has 8 heteroatoms. The van der Waals surface area contributed by atoms with Crippen LogP contribution >= 0.6 is 24.8 Å². The van der Waals surface area contributed by atoms with Crippen LogP contribution in [0, 0.1) is 0 Å². The third-order valence-corrected chi connectivity index (χ3v) is 5.07. The quantitative estimate of drug-likeness (QED) is 0.662. The molecular weight excluding hydrogens is 425 g/mol. The van der Waals surface area contributed by atoms with E-state index in [1.807, 2.05) is 12.1 Å². The van der Waals surface area contributed by atoms with Crippen molar-refractivity contribution >= 4 is 30.7 Å². The Morgan fingerprint density at radius 2 is 1.53 bits per heavy atom. The van der Waals surface area contributed by atoms with E-state index in [1.54, 1.807) is 38.5 Å². The third-order valence-electron chi connectivity index (χ3n) is 5.07. The average molecular weight is 456 g/mol. The summed E-state index contributed by atoms with van der Waals surface area (Å²) in [5, 5.41) is 3.00. The van der Waals surface area contributed by atoms with Gasteiger partial charge in [-0.15, -0.1) is 24.8 Å². The van der Waals surface area contributed by atoms with Gasteiger partial charge in [-0.05, 0) is 42.0 Å². The van der Waals surface area contributed by atoms with Crippen LogP contribution in [0.25, 0.3) is 0 Å². The van der Waals surface area contributed by atoms with E-state index in [0.717, 1.165) is 50.8 Å². The van der Waals surface area contributed by atoms with Gasteiger partial charge >= 0.3 is 0 Å². The minimum absolute atomic E-state index is 0. The summed E-state index contributed by atoms with van der Waals surface area (Å²) >= 11 is 0. The van der Waals surface area contributed by atoms with Gasteiger partial charge in [0.15, 0.2) is 0 Å². The van der Waals surface area contributed by atoms with E-state index >= 15 is 0 Å². The van der Waals surface area contributed by atoms with Crippen LogP contribution in [-0.4, -0.2) is 69.2 Å². The number of hydrogen-bond acceptors (Lipinski definition) is 5. The number of ether oxygens (including phenoxy) is 2. The van der Waals surface area contributed by atoms with E-state index in [2.05, 4.69) is 27.2 Å². The van der Waals surface area contributed by atoms with Crippen molar-refractivity contribution in [1.29, 1.82) is 0 Å². The van der Waals surface area contributed by atoms with Gasteiger partial charge in [0.05, 0.1) is 14.2 Å². The molecule has 3 rings (SSSR count). The number of rotatable bonds is 8. The monoisotopic (exact) mass is 455 g/mol. The van der Waals surface area contributed by atoms with Gasteiger partial charge in [0.1, 0.15) is 11.5 Å². The van der Waals surface area contributed by atoms with Gasteiger partial charge in [-0.2, -0.15) is 0 Å². The maximum Gasteiger partial charge on any atom is 0.251 e. The Morgan fingerprint density at radius 3 is 2.17 bits per heavy atom. The highest BCUT2D eigenvalue weighted by molar-refractivity contribution is 5.94. The molecule has 1 N–H and O–H groups in total. The molecule has 0 atom stereocenters. The molecule has 30 heavy (non-hydrogen) atoms. The molecule has 0 unspecified atom stereocenters. The molecule has 1 fully saturated rings. The second-order valence-electron chi connectivity index (χ2n) is 6.95. The number of halogens is 2. The van der Waals surface area contributed by atoms with Crippen molar-refractivity contribution in [2.75, 3.05) is 53.5 Å². The summed E-state index contributed by atoms with van der Waals surface area (Å²) in [5.41, 5.74) is 1.93. The number of nitrogens with zero attached hydrogens (tertiary/aromatic N) is 2. The van der Waals surface area contributed by atoms with E-state index < -0.39 is 0 Å². The molecule has 0 spiro atoms. The Bertz CT molecular complexity index is 766. The summed E-state index contributed by atoms with van der Waals surface area (Å²) in [6, 6.07) is 15.4. The van der Waals surface area contributed by atoms with Crippen LogP contribution in [0.2, 0.25) is 0 Å². The molecule has 0 aliphatic carbocycles. The summed E-state index contributed by atoms with van der Waals surface area (Å²) < 4.78 is 10.4. The van der Waals surface area contributed by atoms with Crippen molar-refractivity contribution < 1.29 is 14.3 Å². The molecule has 2 aromatic carbocycles. The van der Waals surface area contributed by atoms with Gasteiger partial charge in [-0.25, -0.2) is 0 Å². The number of carbonyl (C=O) groups excluding carboxylic acids is 1. The fraction of sp³-hybridized carbons (Fsp3) is 0.409. The van der Waals surface area contributed by atoms with Crippen molar-refractivity contribution in [3.63, 3.8) is 0 Å².